The zero-order valence-corrected chi connectivity index (χ0v) is 12.5. The second-order valence-electron chi connectivity index (χ2n) is 4.95. The Bertz CT molecular complexity index is 697. The monoisotopic (exact) mass is 306 g/mol. The van der Waals surface area contributed by atoms with Gasteiger partial charge in [-0.1, -0.05) is 16.9 Å². The summed E-state index contributed by atoms with van der Waals surface area (Å²) in [4.78, 5) is 24.3. The number of carbonyl (C=O) groups is 1. The van der Waals surface area contributed by atoms with Crippen LogP contribution in [0.4, 0.5) is 0 Å². The van der Waals surface area contributed by atoms with E-state index in [4.69, 9.17) is 4.52 Å². The van der Waals surface area contributed by atoms with Gasteiger partial charge in [-0.3, -0.25) is 0 Å². The number of carboxylic acid groups (broad SMARTS) is 1. The van der Waals surface area contributed by atoms with Gasteiger partial charge in [-0.15, -0.1) is 0 Å². The van der Waals surface area contributed by atoms with Gasteiger partial charge < -0.3 is 9.63 Å². The maximum Gasteiger partial charge on any atom is 0.340 e. The number of aromatic nitrogens is 4. The van der Waals surface area contributed by atoms with Gasteiger partial charge in [-0.25, -0.2) is 14.8 Å². The first-order valence-corrected chi connectivity index (χ1v) is 7.57. The number of hydrogen-bond donors (Lipinski definition) is 1. The van der Waals surface area contributed by atoms with Gasteiger partial charge in [-0.05, 0) is 19.8 Å². The molecule has 2 aromatic rings. The molecule has 1 N–H and O–H groups in total. The second-order valence-corrected chi connectivity index (χ2v) is 5.91. The molecule has 2 aromatic heterocycles. The smallest absolute Gasteiger partial charge is 0.340 e. The number of thioether (sulfide) groups is 1. The SMILES string of the molecule is Cc1nc(CSc2nc(C3CC3)nc(C)c2C(=O)O)no1. The molecule has 0 radical (unpaired) electrons. The summed E-state index contributed by atoms with van der Waals surface area (Å²) in [6.07, 6.45) is 2.14. The van der Waals surface area contributed by atoms with Gasteiger partial charge in [0, 0.05) is 12.8 Å². The van der Waals surface area contributed by atoms with Crippen molar-refractivity contribution in [1.29, 1.82) is 0 Å². The molecule has 2 heterocycles. The van der Waals surface area contributed by atoms with Crippen molar-refractivity contribution < 1.29 is 14.4 Å². The Morgan fingerprint density at radius 2 is 2.10 bits per heavy atom. The van der Waals surface area contributed by atoms with Crippen LogP contribution in [0.3, 0.4) is 0 Å². The lowest BCUT2D eigenvalue weighted by atomic mass is 10.2. The van der Waals surface area contributed by atoms with Crippen LogP contribution >= 0.6 is 11.8 Å². The van der Waals surface area contributed by atoms with Crippen LogP contribution in [0.5, 0.6) is 0 Å². The maximum atomic E-state index is 11.4. The molecule has 0 atom stereocenters. The number of aromatic carboxylic acids is 1. The zero-order valence-electron chi connectivity index (χ0n) is 11.7. The highest BCUT2D eigenvalue weighted by Crippen LogP contribution is 2.39. The number of aryl methyl sites for hydroxylation is 2. The minimum absolute atomic E-state index is 0.157. The van der Waals surface area contributed by atoms with Gasteiger partial charge in [0.2, 0.25) is 5.89 Å². The summed E-state index contributed by atoms with van der Waals surface area (Å²) in [6, 6.07) is 0. The molecule has 0 unspecified atom stereocenters. The fourth-order valence-corrected chi connectivity index (χ4v) is 2.90. The van der Waals surface area contributed by atoms with Gasteiger partial charge in [0.15, 0.2) is 5.82 Å². The molecule has 0 bridgehead atoms. The molecule has 0 aliphatic heterocycles. The summed E-state index contributed by atoms with van der Waals surface area (Å²) >= 11 is 1.30. The highest BCUT2D eigenvalue weighted by Gasteiger charge is 2.29. The average Bonchev–Trinajstić information content (AvgIpc) is 3.18. The molecule has 0 saturated heterocycles. The van der Waals surface area contributed by atoms with E-state index in [1.807, 2.05) is 0 Å². The Kier molecular flexibility index (Phi) is 3.62. The largest absolute Gasteiger partial charge is 0.478 e. The third-order valence-corrected chi connectivity index (χ3v) is 4.11. The van der Waals surface area contributed by atoms with Gasteiger partial charge in [0.05, 0.1) is 11.4 Å². The third-order valence-electron chi connectivity index (χ3n) is 3.14. The number of hydrogen-bond acceptors (Lipinski definition) is 7. The Balaban J connectivity index is 1.88. The molecular weight excluding hydrogens is 292 g/mol. The standard InChI is InChI=1S/C13H14N4O3S/c1-6-10(13(18)19)12(16-11(14-6)8-3-4-8)21-5-9-15-7(2)20-17-9/h8H,3-5H2,1-2H3,(H,18,19). The molecular formula is C13H14N4O3S. The van der Waals surface area contributed by atoms with Crippen LogP contribution in [0, 0.1) is 13.8 Å². The van der Waals surface area contributed by atoms with Gasteiger partial charge >= 0.3 is 5.97 Å². The van der Waals surface area contributed by atoms with E-state index >= 15 is 0 Å². The first-order chi connectivity index (χ1) is 10.0. The number of rotatable bonds is 5. The van der Waals surface area contributed by atoms with Crippen LogP contribution in [-0.4, -0.2) is 31.2 Å². The highest BCUT2D eigenvalue weighted by atomic mass is 32.2. The van der Waals surface area contributed by atoms with Crippen molar-refractivity contribution in [1.82, 2.24) is 20.1 Å². The van der Waals surface area contributed by atoms with Crippen molar-refractivity contribution in [3.05, 3.63) is 28.8 Å². The lowest BCUT2D eigenvalue weighted by molar-refractivity contribution is 0.0690. The van der Waals surface area contributed by atoms with Crippen molar-refractivity contribution in [3.63, 3.8) is 0 Å². The van der Waals surface area contributed by atoms with E-state index in [2.05, 4.69) is 20.1 Å². The molecule has 0 aromatic carbocycles. The van der Waals surface area contributed by atoms with E-state index < -0.39 is 5.97 Å². The van der Waals surface area contributed by atoms with Gasteiger partial charge in [0.1, 0.15) is 16.4 Å². The Morgan fingerprint density at radius 3 is 2.67 bits per heavy atom. The van der Waals surface area contributed by atoms with E-state index in [1.54, 1.807) is 13.8 Å². The molecule has 1 saturated carbocycles. The summed E-state index contributed by atoms with van der Waals surface area (Å²) < 4.78 is 4.90. The minimum atomic E-state index is -1.01. The van der Waals surface area contributed by atoms with E-state index in [1.165, 1.54) is 11.8 Å². The summed E-state index contributed by atoms with van der Waals surface area (Å²) in [5.41, 5.74) is 0.663. The van der Waals surface area contributed by atoms with E-state index in [0.717, 1.165) is 18.7 Å². The summed E-state index contributed by atoms with van der Waals surface area (Å²) in [7, 11) is 0. The summed E-state index contributed by atoms with van der Waals surface area (Å²) in [6.45, 7) is 3.42. The molecule has 7 nitrogen and oxygen atoms in total. The van der Waals surface area contributed by atoms with Crippen molar-refractivity contribution >= 4 is 17.7 Å². The lowest BCUT2D eigenvalue weighted by Crippen LogP contribution is -2.09. The predicted molar refractivity (Wildman–Crippen MR) is 74.3 cm³/mol. The van der Waals surface area contributed by atoms with E-state index in [9.17, 15) is 9.90 Å². The predicted octanol–water partition coefficient (Wildman–Crippen LogP) is 2.34. The van der Waals surface area contributed by atoms with Crippen molar-refractivity contribution in [2.75, 3.05) is 0 Å². The van der Waals surface area contributed by atoms with Crippen LogP contribution in [0.2, 0.25) is 0 Å². The van der Waals surface area contributed by atoms with Crippen LogP contribution in [0.25, 0.3) is 0 Å². The quantitative estimate of drug-likeness (QED) is 0.663. The molecule has 1 aliphatic rings. The number of carboxylic acids is 1. The minimum Gasteiger partial charge on any atom is -0.478 e. The fraction of sp³-hybridized carbons (Fsp3) is 0.462. The van der Waals surface area contributed by atoms with Gasteiger partial charge in [0.25, 0.3) is 0 Å². The first kappa shape index (κ1) is 14.0. The molecule has 0 amide bonds. The van der Waals surface area contributed by atoms with Crippen LogP contribution in [0.1, 0.15) is 52.4 Å². The van der Waals surface area contributed by atoms with Crippen LogP contribution in [-0.2, 0) is 5.75 Å². The van der Waals surface area contributed by atoms with Crippen molar-refractivity contribution in [2.24, 2.45) is 0 Å². The molecule has 21 heavy (non-hydrogen) atoms. The molecule has 1 aliphatic carbocycles. The zero-order chi connectivity index (χ0) is 15.0. The Labute approximate surface area is 125 Å². The van der Waals surface area contributed by atoms with E-state index in [-0.39, 0.29) is 5.56 Å². The average molecular weight is 306 g/mol. The topological polar surface area (TPSA) is 102 Å². The Hall–Kier alpha value is -1.96. The van der Waals surface area contributed by atoms with Crippen LogP contribution in [0.15, 0.2) is 9.55 Å². The molecule has 0 spiro atoms. The molecule has 8 heteroatoms. The highest BCUT2D eigenvalue weighted by molar-refractivity contribution is 7.98. The normalized spacial score (nSPS) is 14.4. The molecule has 3 rings (SSSR count). The van der Waals surface area contributed by atoms with Crippen molar-refractivity contribution in [3.8, 4) is 0 Å². The molecule has 1 fully saturated rings. The Morgan fingerprint density at radius 1 is 1.33 bits per heavy atom. The fourth-order valence-electron chi connectivity index (χ4n) is 1.98. The molecule has 110 valence electrons. The summed E-state index contributed by atoms with van der Waals surface area (Å²) in [5, 5.41) is 13.6. The first-order valence-electron chi connectivity index (χ1n) is 6.58. The number of nitrogens with zero attached hydrogens (tertiary/aromatic N) is 4. The lowest BCUT2D eigenvalue weighted by Gasteiger charge is -2.09. The second kappa shape index (κ2) is 5.44. The van der Waals surface area contributed by atoms with Crippen molar-refractivity contribution in [2.45, 2.75) is 43.4 Å². The maximum absolute atomic E-state index is 11.4. The van der Waals surface area contributed by atoms with Crippen LogP contribution < -0.4 is 0 Å². The summed E-state index contributed by atoms with van der Waals surface area (Å²) in [5.74, 6) is 1.53. The van der Waals surface area contributed by atoms with Gasteiger partial charge in [-0.2, -0.15) is 4.98 Å². The third kappa shape index (κ3) is 3.05. The van der Waals surface area contributed by atoms with E-state index in [0.29, 0.717) is 34.1 Å².